The summed E-state index contributed by atoms with van der Waals surface area (Å²) in [4.78, 5) is 13.8. The van der Waals surface area contributed by atoms with Gasteiger partial charge in [-0.25, -0.2) is 5.43 Å². The van der Waals surface area contributed by atoms with Gasteiger partial charge in [0.1, 0.15) is 0 Å². The third-order valence-electron chi connectivity index (χ3n) is 6.07. The Morgan fingerprint density at radius 1 is 0.972 bits per heavy atom. The highest BCUT2D eigenvalue weighted by atomic mass is 79.9. The second-order valence-electron chi connectivity index (χ2n) is 8.61. The Balaban J connectivity index is 1.43. The molecule has 4 rings (SSSR count). The minimum absolute atomic E-state index is 0.247. The Morgan fingerprint density at radius 2 is 1.61 bits per heavy atom. The zero-order chi connectivity index (χ0) is 25.8. The van der Waals surface area contributed by atoms with Gasteiger partial charge in [0.2, 0.25) is 0 Å². The zero-order valence-corrected chi connectivity index (χ0v) is 23.8. The number of para-hydroxylation sites is 1. The predicted octanol–water partition coefficient (Wildman–Crippen LogP) is 8.18. The van der Waals surface area contributed by atoms with E-state index in [0.717, 1.165) is 42.7 Å². The molecule has 1 aromatic heterocycles. The molecule has 0 fully saturated rings. The van der Waals surface area contributed by atoms with Gasteiger partial charge in [0, 0.05) is 42.7 Å². The molecule has 3 aromatic carbocycles. The van der Waals surface area contributed by atoms with Crippen molar-refractivity contribution in [1.29, 1.82) is 0 Å². The van der Waals surface area contributed by atoms with Crippen molar-refractivity contribution in [2.45, 2.75) is 38.3 Å². The van der Waals surface area contributed by atoms with Crippen molar-refractivity contribution in [2.75, 3.05) is 0 Å². The molecule has 184 valence electrons. The van der Waals surface area contributed by atoms with Crippen LogP contribution in [0.1, 0.15) is 44.0 Å². The van der Waals surface area contributed by atoms with Gasteiger partial charge >= 0.3 is 0 Å². The van der Waals surface area contributed by atoms with Crippen molar-refractivity contribution < 1.29 is 4.79 Å². The highest BCUT2D eigenvalue weighted by Crippen LogP contribution is 2.32. The number of aryl methyl sites for hydroxylation is 2. The SMILES string of the molecule is Cc1cccc(C)c1-n1c(C)c(Br)c(/C=N\NC(=O)c2ccc(CSc3ccc(Cl)cc3)cc2)c1C. The fourth-order valence-electron chi connectivity index (χ4n) is 4.14. The Bertz CT molecular complexity index is 1410. The number of hydrogen-bond acceptors (Lipinski definition) is 3. The Morgan fingerprint density at radius 3 is 2.25 bits per heavy atom. The number of hydrazone groups is 1. The largest absolute Gasteiger partial charge is 0.316 e. The number of amides is 1. The summed E-state index contributed by atoms with van der Waals surface area (Å²) in [5.74, 6) is 0.564. The molecule has 0 saturated carbocycles. The summed E-state index contributed by atoms with van der Waals surface area (Å²) >= 11 is 11.4. The molecular weight excluding hydrogens is 554 g/mol. The van der Waals surface area contributed by atoms with Crippen LogP contribution in [0.3, 0.4) is 0 Å². The minimum atomic E-state index is -0.247. The van der Waals surface area contributed by atoms with Gasteiger partial charge < -0.3 is 4.57 Å². The number of halogens is 2. The molecule has 36 heavy (non-hydrogen) atoms. The lowest BCUT2D eigenvalue weighted by molar-refractivity contribution is 0.0955. The molecule has 1 heterocycles. The van der Waals surface area contributed by atoms with Crippen LogP contribution in [-0.2, 0) is 5.75 Å². The molecule has 0 aliphatic rings. The minimum Gasteiger partial charge on any atom is -0.316 e. The Labute approximate surface area is 229 Å². The first-order valence-electron chi connectivity index (χ1n) is 11.5. The van der Waals surface area contributed by atoms with Gasteiger partial charge in [-0.15, -0.1) is 11.8 Å². The molecule has 4 aromatic rings. The van der Waals surface area contributed by atoms with E-state index in [1.807, 2.05) is 48.5 Å². The van der Waals surface area contributed by atoms with Crippen molar-refractivity contribution in [3.63, 3.8) is 0 Å². The van der Waals surface area contributed by atoms with E-state index in [-0.39, 0.29) is 5.91 Å². The summed E-state index contributed by atoms with van der Waals surface area (Å²) in [7, 11) is 0. The highest BCUT2D eigenvalue weighted by molar-refractivity contribution is 9.10. The second-order valence-corrected chi connectivity index (χ2v) is 10.9. The van der Waals surface area contributed by atoms with Crippen LogP contribution in [-0.4, -0.2) is 16.7 Å². The maximum Gasteiger partial charge on any atom is 0.271 e. The van der Waals surface area contributed by atoms with Crippen LogP contribution in [0.25, 0.3) is 5.69 Å². The molecule has 0 saturated heterocycles. The van der Waals surface area contributed by atoms with Gasteiger partial charge in [0.25, 0.3) is 5.91 Å². The van der Waals surface area contributed by atoms with Crippen LogP contribution < -0.4 is 5.43 Å². The van der Waals surface area contributed by atoms with Crippen molar-refractivity contribution in [3.05, 3.63) is 115 Å². The first kappa shape index (κ1) is 26.3. The average Bonchev–Trinajstić information content (AvgIpc) is 3.07. The molecule has 7 heteroatoms. The predicted molar refractivity (Wildman–Crippen MR) is 155 cm³/mol. The number of aromatic nitrogens is 1. The summed E-state index contributed by atoms with van der Waals surface area (Å²) in [6, 6.07) is 21.7. The van der Waals surface area contributed by atoms with E-state index >= 15 is 0 Å². The summed E-state index contributed by atoms with van der Waals surface area (Å²) in [5, 5.41) is 4.99. The molecule has 0 aliphatic heterocycles. The van der Waals surface area contributed by atoms with Crippen LogP contribution in [0.15, 0.2) is 81.2 Å². The van der Waals surface area contributed by atoms with E-state index in [9.17, 15) is 4.79 Å². The number of benzene rings is 3. The van der Waals surface area contributed by atoms with Gasteiger partial charge in [-0.2, -0.15) is 5.10 Å². The number of carbonyl (C=O) groups excluding carboxylic acids is 1. The molecule has 0 bridgehead atoms. The van der Waals surface area contributed by atoms with E-state index in [2.05, 4.69) is 76.9 Å². The first-order chi connectivity index (χ1) is 17.3. The summed E-state index contributed by atoms with van der Waals surface area (Å²) in [6.45, 7) is 8.37. The summed E-state index contributed by atoms with van der Waals surface area (Å²) in [6.07, 6.45) is 1.70. The highest BCUT2D eigenvalue weighted by Gasteiger charge is 2.18. The zero-order valence-electron chi connectivity index (χ0n) is 20.6. The average molecular weight is 581 g/mol. The van der Waals surface area contributed by atoms with Gasteiger partial charge in [-0.05, 0) is 96.7 Å². The van der Waals surface area contributed by atoms with Crippen LogP contribution in [0, 0.1) is 27.7 Å². The molecule has 0 spiro atoms. The smallest absolute Gasteiger partial charge is 0.271 e. The molecule has 4 nitrogen and oxygen atoms in total. The van der Waals surface area contributed by atoms with E-state index in [1.165, 1.54) is 16.8 Å². The number of carbonyl (C=O) groups is 1. The van der Waals surface area contributed by atoms with Crippen LogP contribution in [0.5, 0.6) is 0 Å². The Kier molecular flexibility index (Phi) is 8.39. The number of hydrogen-bond donors (Lipinski definition) is 1. The third-order valence-corrected chi connectivity index (χ3v) is 8.41. The summed E-state index contributed by atoms with van der Waals surface area (Å²) < 4.78 is 3.20. The van der Waals surface area contributed by atoms with Crippen molar-refractivity contribution in [1.82, 2.24) is 9.99 Å². The van der Waals surface area contributed by atoms with Gasteiger partial charge in [-0.3, -0.25) is 4.79 Å². The molecule has 0 radical (unpaired) electrons. The topological polar surface area (TPSA) is 46.4 Å². The maximum absolute atomic E-state index is 12.7. The standard InChI is InChI=1S/C29H27BrClN3OS/c1-18-6-5-7-19(2)28(18)34-20(3)26(27(30)21(34)4)16-32-33-29(35)23-10-8-22(9-11-23)17-36-25-14-12-24(31)13-15-25/h5-16H,17H2,1-4H3,(H,33,35)/b32-16-. The van der Waals surface area contributed by atoms with Crippen molar-refractivity contribution in [3.8, 4) is 5.69 Å². The molecule has 0 aliphatic carbocycles. The maximum atomic E-state index is 12.7. The van der Waals surface area contributed by atoms with Crippen molar-refractivity contribution in [2.24, 2.45) is 5.10 Å². The fourth-order valence-corrected chi connectivity index (χ4v) is 5.68. The number of nitrogens with zero attached hydrogens (tertiary/aromatic N) is 2. The molecule has 0 unspecified atom stereocenters. The molecule has 1 N–H and O–H groups in total. The Hall–Kier alpha value is -2.80. The van der Waals surface area contributed by atoms with Crippen LogP contribution >= 0.6 is 39.3 Å². The first-order valence-corrected chi connectivity index (χ1v) is 13.7. The van der Waals surface area contributed by atoms with Crippen LogP contribution in [0.2, 0.25) is 5.02 Å². The second kappa shape index (κ2) is 11.5. The molecule has 0 atom stereocenters. The summed E-state index contributed by atoms with van der Waals surface area (Å²) in [5.41, 5.74) is 11.0. The number of nitrogens with one attached hydrogen (secondary N) is 1. The monoisotopic (exact) mass is 579 g/mol. The van der Waals surface area contributed by atoms with Gasteiger partial charge in [0.05, 0.1) is 11.9 Å². The van der Waals surface area contributed by atoms with E-state index in [0.29, 0.717) is 5.56 Å². The van der Waals surface area contributed by atoms with Gasteiger partial charge in [-0.1, -0.05) is 41.9 Å². The van der Waals surface area contributed by atoms with Crippen molar-refractivity contribution >= 4 is 51.4 Å². The van der Waals surface area contributed by atoms with E-state index < -0.39 is 0 Å². The number of rotatable bonds is 7. The molecular formula is C29H27BrClN3OS. The van der Waals surface area contributed by atoms with E-state index in [1.54, 1.807) is 18.0 Å². The lowest BCUT2D eigenvalue weighted by Gasteiger charge is -2.15. The quantitative estimate of drug-likeness (QED) is 0.136. The molecule has 1 amide bonds. The fraction of sp³-hybridized carbons (Fsp3) is 0.172. The van der Waals surface area contributed by atoms with E-state index in [4.69, 9.17) is 11.6 Å². The number of thioether (sulfide) groups is 1. The lowest BCUT2D eigenvalue weighted by atomic mass is 10.1. The normalized spacial score (nSPS) is 11.3. The van der Waals surface area contributed by atoms with Crippen LogP contribution in [0.4, 0.5) is 0 Å². The van der Waals surface area contributed by atoms with Gasteiger partial charge in [0.15, 0.2) is 0 Å². The third kappa shape index (κ3) is 5.77. The lowest BCUT2D eigenvalue weighted by Crippen LogP contribution is -2.17.